The predicted octanol–water partition coefficient (Wildman–Crippen LogP) is 2.40. The number of likely N-dealkylation sites (tertiary alicyclic amines) is 1. The van der Waals surface area contributed by atoms with E-state index in [2.05, 4.69) is 41.4 Å². The van der Waals surface area contributed by atoms with Gasteiger partial charge in [-0.05, 0) is 38.4 Å². The molecule has 2 amide bonds. The van der Waals surface area contributed by atoms with Crippen molar-refractivity contribution in [3.05, 3.63) is 35.4 Å². The number of carbonyl (C=O) groups is 1. The number of rotatable bonds is 4. The van der Waals surface area contributed by atoms with E-state index < -0.39 is 0 Å². The summed E-state index contributed by atoms with van der Waals surface area (Å²) in [6, 6.07) is 8.90. The lowest BCUT2D eigenvalue weighted by molar-refractivity contribution is 0.203. The molecule has 0 saturated carbocycles. The van der Waals surface area contributed by atoms with Crippen molar-refractivity contribution in [2.45, 2.75) is 25.8 Å². The smallest absolute Gasteiger partial charge is 0.316 e. The molecule has 1 fully saturated rings. The molecule has 1 unspecified atom stereocenters. The Morgan fingerprint density at radius 1 is 1.25 bits per heavy atom. The predicted molar refractivity (Wildman–Crippen MR) is 81.8 cm³/mol. The molecule has 1 atom stereocenters. The minimum absolute atomic E-state index is 0.0266. The molecule has 110 valence electrons. The van der Waals surface area contributed by atoms with Crippen LogP contribution in [-0.2, 0) is 0 Å². The van der Waals surface area contributed by atoms with Crippen LogP contribution in [-0.4, -0.2) is 49.6 Å². The third-order valence-corrected chi connectivity index (χ3v) is 3.90. The van der Waals surface area contributed by atoms with Gasteiger partial charge in [0.25, 0.3) is 0 Å². The Kier molecular flexibility index (Phi) is 5.01. The molecule has 1 aliphatic rings. The first-order valence-electron chi connectivity index (χ1n) is 7.33. The van der Waals surface area contributed by atoms with E-state index in [-0.39, 0.29) is 12.1 Å². The van der Waals surface area contributed by atoms with Crippen LogP contribution in [0.3, 0.4) is 0 Å². The van der Waals surface area contributed by atoms with Crippen LogP contribution in [0.25, 0.3) is 0 Å². The number of benzene rings is 1. The van der Waals surface area contributed by atoms with Crippen molar-refractivity contribution in [1.82, 2.24) is 15.1 Å². The number of hydrogen-bond acceptors (Lipinski definition) is 2. The van der Waals surface area contributed by atoms with Crippen molar-refractivity contribution in [3.63, 3.8) is 0 Å². The lowest BCUT2D eigenvalue weighted by Crippen LogP contribution is -2.41. The van der Waals surface area contributed by atoms with Crippen LogP contribution in [0.2, 0.25) is 0 Å². The van der Waals surface area contributed by atoms with Gasteiger partial charge in [0.1, 0.15) is 0 Å². The third kappa shape index (κ3) is 3.73. The fraction of sp³-hybridized carbons (Fsp3) is 0.562. The Balaban J connectivity index is 2.08. The fourth-order valence-electron chi connectivity index (χ4n) is 2.64. The van der Waals surface area contributed by atoms with Gasteiger partial charge in [-0.2, -0.15) is 0 Å². The standard InChI is InChI=1S/C16H25N3O/c1-13-6-8-14(9-7-13)15(19-10-4-5-11-19)12-17-16(20)18(2)3/h6-9,15H,4-5,10-12H2,1-3H3,(H,17,20). The van der Waals surface area contributed by atoms with Gasteiger partial charge in [0.05, 0.1) is 6.04 Å². The molecule has 1 aromatic rings. The van der Waals surface area contributed by atoms with E-state index in [4.69, 9.17) is 0 Å². The Morgan fingerprint density at radius 3 is 2.40 bits per heavy atom. The molecular weight excluding hydrogens is 250 g/mol. The number of carbonyl (C=O) groups excluding carboxylic acids is 1. The lowest BCUT2D eigenvalue weighted by atomic mass is 10.0. The summed E-state index contributed by atoms with van der Waals surface area (Å²) in [7, 11) is 3.54. The van der Waals surface area contributed by atoms with Crippen LogP contribution in [0, 0.1) is 6.92 Å². The maximum Gasteiger partial charge on any atom is 0.316 e. The van der Waals surface area contributed by atoms with Crippen molar-refractivity contribution in [3.8, 4) is 0 Å². The zero-order valence-corrected chi connectivity index (χ0v) is 12.7. The minimum atomic E-state index is -0.0266. The molecule has 1 aliphatic heterocycles. The Labute approximate surface area is 121 Å². The molecule has 0 radical (unpaired) electrons. The van der Waals surface area contributed by atoms with Gasteiger partial charge >= 0.3 is 6.03 Å². The SMILES string of the molecule is Cc1ccc(C(CNC(=O)N(C)C)N2CCCC2)cc1. The molecule has 0 bridgehead atoms. The topological polar surface area (TPSA) is 35.6 Å². The first kappa shape index (κ1) is 14.9. The van der Waals surface area contributed by atoms with Gasteiger partial charge in [-0.25, -0.2) is 4.79 Å². The molecule has 1 aromatic carbocycles. The lowest BCUT2D eigenvalue weighted by Gasteiger charge is -2.28. The van der Waals surface area contributed by atoms with Gasteiger partial charge < -0.3 is 10.2 Å². The third-order valence-electron chi connectivity index (χ3n) is 3.90. The van der Waals surface area contributed by atoms with Crippen molar-refractivity contribution in [1.29, 1.82) is 0 Å². The zero-order valence-electron chi connectivity index (χ0n) is 12.7. The Hall–Kier alpha value is -1.55. The summed E-state index contributed by atoms with van der Waals surface area (Å²) >= 11 is 0. The number of aryl methyl sites for hydroxylation is 1. The average Bonchev–Trinajstić information content (AvgIpc) is 2.94. The van der Waals surface area contributed by atoms with E-state index in [0.29, 0.717) is 6.54 Å². The maximum atomic E-state index is 11.7. The van der Waals surface area contributed by atoms with Crippen molar-refractivity contribution < 1.29 is 4.79 Å². The summed E-state index contributed by atoms with van der Waals surface area (Å²) in [5.74, 6) is 0. The molecule has 4 heteroatoms. The normalized spacial score (nSPS) is 16.9. The second-order valence-corrected chi connectivity index (χ2v) is 5.75. The first-order valence-corrected chi connectivity index (χ1v) is 7.33. The Morgan fingerprint density at radius 2 is 1.85 bits per heavy atom. The fourth-order valence-corrected chi connectivity index (χ4v) is 2.64. The molecule has 1 N–H and O–H groups in total. The molecule has 0 aliphatic carbocycles. The van der Waals surface area contributed by atoms with Crippen molar-refractivity contribution in [2.75, 3.05) is 33.7 Å². The zero-order chi connectivity index (χ0) is 14.5. The Bertz CT molecular complexity index is 436. The molecule has 0 aromatic heterocycles. The van der Waals surface area contributed by atoms with Gasteiger partial charge in [0.15, 0.2) is 0 Å². The molecule has 0 spiro atoms. The molecule has 1 saturated heterocycles. The van der Waals surface area contributed by atoms with E-state index in [9.17, 15) is 4.79 Å². The van der Waals surface area contributed by atoms with Crippen LogP contribution in [0.5, 0.6) is 0 Å². The largest absolute Gasteiger partial charge is 0.336 e. The van der Waals surface area contributed by atoms with Gasteiger partial charge in [0.2, 0.25) is 0 Å². The monoisotopic (exact) mass is 275 g/mol. The van der Waals surface area contributed by atoms with Gasteiger partial charge in [-0.3, -0.25) is 4.90 Å². The highest BCUT2D eigenvalue weighted by atomic mass is 16.2. The van der Waals surface area contributed by atoms with Crippen LogP contribution < -0.4 is 5.32 Å². The quantitative estimate of drug-likeness (QED) is 0.916. The van der Waals surface area contributed by atoms with Crippen LogP contribution >= 0.6 is 0 Å². The molecule has 20 heavy (non-hydrogen) atoms. The number of nitrogens with one attached hydrogen (secondary N) is 1. The van der Waals surface area contributed by atoms with E-state index in [1.807, 2.05) is 0 Å². The highest BCUT2D eigenvalue weighted by Gasteiger charge is 2.24. The second kappa shape index (κ2) is 6.75. The summed E-state index contributed by atoms with van der Waals surface area (Å²) in [4.78, 5) is 15.8. The summed E-state index contributed by atoms with van der Waals surface area (Å²) in [5, 5.41) is 3.02. The van der Waals surface area contributed by atoms with Gasteiger partial charge in [-0.15, -0.1) is 0 Å². The molecule has 1 heterocycles. The van der Waals surface area contributed by atoms with E-state index in [1.54, 1.807) is 19.0 Å². The van der Waals surface area contributed by atoms with Crippen LogP contribution in [0.4, 0.5) is 4.79 Å². The number of amides is 2. The molecule has 4 nitrogen and oxygen atoms in total. The van der Waals surface area contributed by atoms with E-state index in [1.165, 1.54) is 24.0 Å². The maximum absolute atomic E-state index is 11.7. The van der Waals surface area contributed by atoms with Crippen molar-refractivity contribution in [2.24, 2.45) is 0 Å². The highest BCUT2D eigenvalue weighted by molar-refractivity contribution is 5.73. The van der Waals surface area contributed by atoms with Crippen LogP contribution in [0.15, 0.2) is 24.3 Å². The highest BCUT2D eigenvalue weighted by Crippen LogP contribution is 2.24. The van der Waals surface area contributed by atoms with E-state index in [0.717, 1.165) is 13.1 Å². The average molecular weight is 275 g/mol. The van der Waals surface area contributed by atoms with Crippen molar-refractivity contribution >= 4 is 6.03 Å². The van der Waals surface area contributed by atoms with Gasteiger partial charge in [-0.1, -0.05) is 29.8 Å². The second-order valence-electron chi connectivity index (χ2n) is 5.75. The summed E-state index contributed by atoms with van der Waals surface area (Å²) in [5.41, 5.74) is 2.56. The number of nitrogens with zero attached hydrogens (tertiary/aromatic N) is 2. The number of hydrogen-bond donors (Lipinski definition) is 1. The minimum Gasteiger partial charge on any atom is -0.336 e. The molecular formula is C16H25N3O. The van der Waals surface area contributed by atoms with E-state index >= 15 is 0 Å². The summed E-state index contributed by atoms with van der Waals surface area (Å²) in [6.07, 6.45) is 2.51. The summed E-state index contributed by atoms with van der Waals surface area (Å²) in [6.45, 7) is 5.01. The molecule has 2 rings (SSSR count). The first-order chi connectivity index (χ1) is 9.58. The van der Waals surface area contributed by atoms with Gasteiger partial charge in [0, 0.05) is 20.6 Å². The number of urea groups is 1. The van der Waals surface area contributed by atoms with Crippen LogP contribution in [0.1, 0.15) is 30.0 Å². The summed E-state index contributed by atoms with van der Waals surface area (Å²) < 4.78 is 0.